The molecule has 1 aliphatic carbocycles. The number of hydrogen-bond acceptors (Lipinski definition) is 25. The van der Waals surface area contributed by atoms with Gasteiger partial charge in [0.1, 0.15) is 31.0 Å². The summed E-state index contributed by atoms with van der Waals surface area (Å²) >= 11 is 0. The number of carbonyl (C=O) groups excluding carboxylic acids is 9. The van der Waals surface area contributed by atoms with Gasteiger partial charge >= 0.3 is 48.7 Å². The van der Waals surface area contributed by atoms with Crippen LogP contribution < -0.4 is 70.8 Å². The summed E-state index contributed by atoms with van der Waals surface area (Å²) in [6.07, 6.45) is -9.08. The smallest absolute Gasteiger partial charge is 0.412 e. The van der Waals surface area contributed by atoms with Gasteiger partial charge in [0, 0.05) is 70.5 Å². The zero-order chi connectivity index (χ0) is 81.7. The molecule has 2 aliphatic heterocycles. The first kappa shape index (κ1) is 96.9. The van der Waals surface area contributed by atoms with Gasteiger partial charge in [0.2, 0.25) is 0 Å². The Labute approximate surface area is 663 Å². The van der Waals surface area contributed by atoms with Gasteiger partial charge < -0.3 is 122 Å². The highest BCUT2D eigenvalue weighted by atomic mass is 16.8. The fourth-order valence-corrected chi connectivity index (χ4v) is 13.1. The topological polar surface area (TPSA) is 477 Å². The quantitative estimate of drug-likeness (QED) is 0.0213. The average molecular weight is 1600 g/mol. The van der Waals surface area contributed by atoms with Crippen molar-refractivity contribution in [1.29, 1.82) is 0 Å². The third kappa shape index (κ3) is 37.7. The fourth-order valence-electron chi connectivity index (χ4n) is 13.1. The van der Waals surface area contributed by atoms with Crippen molar-refractivity contribution in [2.24, 2.45) is 22.9 Å². The van der Waals surface area contributed by atoms with Gasteiger partial charge in [-0.3, -0.25) is 10.1 Å². The number of nitrogens with one attached hydrogen (secondary N) is 9. The molecule has 0 bridgehead atoms. The van der Waals surface area contributed by atoms with Gasteiger partial charge in [-0.2, -0.15) is 0 Å². The molecular weight excluding hydrogens is 1450 g/mol. The summed E-state index contributed by atoms with van der Waals surface area (Å²) in [4.78, 5) is 128. The second kappa shape index (κ2) is 58.4. The van der Waals surface area contributed by atoms with E-state index in [4.69, 9.17) is 79.8 Å². The van der Waals surface area contributed by atoms with Crippen LogP contribution in [0.4, 0.5) is 44.0 Å². The zero-order valence-corrected chi connectivity index (χ0v) is 67.8. The number of anilines is 1. The molecule has 16 atom stereocenters. The second-order valence-electron chi connectivity index (χ2n) is 28.8. The first-order chi connectivity index (χ1) is 54.3. The Hall–Kier alpha value is -7.47. The van der Waals surface area contributed by atoms with Gasteiger partial charge in [-0.1, -0.05) is 202 Å². The zero-order valence-electron chi connectivity index (χ0n) is 67.8. The van der Waals surface area contributed by atoms with Crippen LogP contribution in [0.1, 0.15) is 241 Å². The van der Waals surface area contributed by atoms with Gasteiger partial charge in [-0.05, 0) is 70.0 Å². The Morgan fingerprint density at radius 3 is 1.17 bits per heavy atom. The minimum atomic E-state index is -1.97. The van der Waals surface area contributed by atoms with Crippen molar-refractivity contribution in [1.82, 2.24) is 42.5 Å². The minimum Gasteiger partial charge on any atom is -0.447 e. The predicted octanol–water partition coefficient (Wildman–Crippen LogP) is 10.0. The Morgan fingerprint density at radius 2 is 0.759 bits per heavy atom. The molecule has 1 aromatic rings. The minimum absolute atomic E-state index is 0.0878. The van der Waals surface area contributed by atoms with E-state index in [2.05, 4.69) is 61.7 Å². The molecule has 17 N–H and O–H groups in total. The van der Waals surface area contributed by atoms with E-state index in [1.54, 1.807) is 30.3 Å². The van der Waals surface area contributed by atoms with Crippen molar-refractivity contribution < 1.29 is 100.0 Å². The molecule has 112 heavy (non-hydrogen) atoms. The molecule has 2 heterocycles. The molecule has 3 fully saturated rings. The van der Waals surface area contributed by atoms with Gasteiger partial charge in [0.25, 0.3) is 5.91 Å². The lowest BCUT2D eigenvalue weighted by molar-refractivity contribution is -0.330. The lowest BCUT2D eigenvalue weighted by atomic mass is 9.83. The van der Waals surface area contributed by atoms with Crippen LogP contribution in [0.2, 0.25) is 0 Å². The molecule has 4 rings (SSSR count). The summed E-state index contributed by atoms with van der Waals surface area (Å²) in [5.74, 6) is -0.953. The normalized spacial score (nSPS) is 23.6. The molecule has 0 aromatic heterocycles. The molecule has 642 valence electrons. The SMILES string of the molecule is CCCCCCNC(=O)OC[C@H]1O[C@H](O[C@@H]2[C@@H](OC(=O)NCCCCCC)[C@H](O[C@@H]3O[C@@H](CN)[C@H](OC(=O)NCCCCCC)[C@@H](OC(=O)NCCCCCC)[C@@H]3OC(=O)NCCCCCC)[C@@H](N)C[C@H]2NC(=O)C(CCN)OC(=O)Nc2ccccc2)[C@H](OC(=O)NCCCCCC)[C@@H](N)[C@@H]1OC(=O)NCCCCCC. The standard InChI is InChI=1S/C78H139N13O21/c1-8-15-22-32-43-83-71(93)101-52-58-62(107-72(94)84-44-33-23-16-9-2)59(82)64(109-74(96)86-46-35-25-18-11-4)69(103-58)106-61-55(91-68(92)56(41-42-79)104-78(100)90-53-39-30-29-31-40-53)50-54(81)60(65(61)110-75(97)87-47-36-26-19-12-5)105-70-67(112-77(99)89-49-38-28-21-14-7)66(111-76(98)88-48-37-27-20-13-6)63(57(51-80)102-70)108-73(95)85-45-34-24-17-10-3/h29-31,39-40,54-67,69-70H,8-28,32-38,41-52,79-82H2,1-7H3,(H,83,93)(H,84,94)(H,85,95)(H,86,96)(H,87,97)(H,88,98)(H,89,99)(H,90,100)(H,91,92)/t54-,55+,56?,57-,58+,59-,60+,61-,62+,63-,64+,65-,66+,67-,69+,70-/m0/s1. The lowest BCUT2D eigenvalue weighted by Gasteiger charge is -2.50. The maximum absolute atomic E-state index is 15.2. The first-order valence-corrected chi connectivity index (χ1v) is 41.7. The number of carbonyl (C=O) groups is 9. The number of ether oxygens (including phenoxy) is 12. The number of benzene rings is 1. The molecule has 34 nitrogen and oxygen atoms in total. The number of para-hydroxylation sites is 1. The highest BCUT2D eigenvalue weighted by molar-refractivity contribution is 5.89. The maximum atomic E-state index is 15.2. The monoisotopic (exact) mass is 1590 g/mol. The van der Waals surface area contributed by atoms with Crippen molar-refractivity contribution >= 4 is 60.3 Å². The largest absolute Gasteiger partial charge is 0.447 e. The van der Waals surface area contributed by atoms with E-state index in [-0.39, 0.29) is 58.8 Å². The summed E-state index contributed by atoms with van der Waals surface area (Å²) in [6.45, 7) is 14.2. The van der Waals surface area contributed by atoms with E-state index < -0.39 is 172 Å². The molecular formula is C78H139N13O21. The molecule has 9 amide bonds. The summed E-state index contributed by atoms with van der Waals surface area (Å²) in [7, 11) is 0. The molecule has 3 aliphatic rings. The van der Waals surface area contributed by atoms with Crippen molar-refractivity contribution in [3.63, 3.8) is 0 Å². The van der Waals surface area contributed by atoms with Crippen LogP contribution in [0.25, 0.3) is 0 Å². The number of rotatable bonds is 54. The van der Waals surface area contributed by atoms with E-state index >= 15 is 4.79 Å². The van der Waals surface area contributed by atoms with Crippen LogP contribution >= 0.6 is 0 Å². The molecule has 0 radical (unpaired) electrons. The molecule has 0 spiro atoms. The highest BCUT2D eigenvalue weighted by Gasteiger charge is 2.59. The van der Waals surface area contributed by atoms with Crippen molar-refractivity contribution in [2.45, 2.75) is 339 Å². The number of hydrogen-bond donors (Lipinski definition) is 13. The Bertz CT molecular complexity index is 2790. The lowest BCUT2D eigenvalue weighted by Crippen LogP contribution is -2.71. The number of amides is 9. The first-order valence-electron chi connectivity index (χ1n) is 41.7. The highest BCUT2D eigenvalue weighted by Crippen LogP contribution is 2.37. The fraction of sp³-hybridized carbons (Fsp3) is 0.808. The van der Waals surface area contributed by atoms with Crippen LogP contribution in [0.5, 0.6) is 0 Å². The summed E-state index contributed by atoms with van der Waals surface area (Å²) in [6, 6.07) is 3.78. The third-order valence-electron chi connectivity index (χ3n) is 19.4. The second-order valence-corrected chi connectivity index (χ2v) is 28.8. The predicted molar refractivity (Wildman–Crippen MR) is 421 cm³/mol. The van der Waals surface area contributed by atoms with Gasteiger partial charge in [-0.15, -0.1) is 0 Å². The molecule has 2 saturated heterocycles. The van der Waals surface area contributed by atoms with Crippen molar-refractivity contribution in [2.75, 3.05) is 70.8 Å². The Balaban J connectivity index is 2.07. The van der Waals surface area contributed by atoms with Gasteiger partial charge in [0.15, 0.2) is 55.3 Å². The van der Waals surface area contributed by atoms with E-state index in [1.165, 1.54) is 0 Å². The average Bonchev–Trinajstić information content (AvgIpc) is 0.763. The third-order valence-corrected chi connectivity index (χ3v) is 19.4. The molecule has 34 heteroatoms. The van der Waals surface area contributed by atoms with E-state index in [9.17, 15) is 38.4 Å². The van der Waals surface area contributed by atoms with Crippen molar-refractivity contribution in [3.8, 4) is 0 Å². The number of nitrogens with two attached hydrogens (primary N) is 4. The molecule has 1 saturated carbocycles. The van der Waals surface area contributed by atoms with E-state index in [0.29, 0.717) is 50.6 Å². The molecule has 1 unspecified atom stereocenters. The van der Waals surface area contributed by atoms with Gasteiger partial charge in [0.05, 0.1) is 12.1 Å². The number of unbranched alkanes of at least 4 members (excludes halogenated alkanes) is 21. The van der Waals surface area contributed by atoms with Crippen LogP contribution in [0.15, 0.2) is 30.3 Å². The van der Waals surface area contributed by atoms with Crippen LogP contribution in [0.3, 0.4) is 0 Å². The van der Waals surface area contributed by atoms with Gasteiger partial charge in [-0.25, -0.2) is 38.4 Å². The van der Waals surface area contributed by atoms with Crippen LogP contribution in [-0.2, 0) is 61.6 Å². The summed E-state index contributed by atoms with van der Waals surface area (Å²) in [5.41, 5.74) is 27.6. The molecule has 1 aromatic carbocycles. The van der Waals surface area contributed by atoms with E-state index in [1.807, 2.05) is 34.6 Å². The maximum Gasteiger partial charge on any atom is 0.412 e. The van der Waals surface area contributed by atoms with E-state index in [0.717, 1.165) is 135 Å². The number of alkyl carbamates (subject to hydrolysis) is 7. The van der Waals surface area contributed by atoms with Crippen LogP contribution in [-0.4, -0.2) is 218 Å². The van der Waals surface area contributed by atoms with Crippen molar-refractivity contribution in [3.05, 3.63) is 30.3 Å². The van der Waals surface area contributed by atoms with Crippen LogP contribution in [0, 0.1) is 0 Å². The Kier molecular flexibility index (Phi) is 50.5. The summed E-state index contributed by atoms with van der Waals surface area (Å²) in [5, 5.41) is 24.8. The Morgan fingerprint density at radius 1 is 0.402 bits per heavy atom. The summed E-state index contributed by atoms with van der Waals surface area (Å²) < 4.78 is 76.7.